The Balaban J connectivity index is 1.87. The predicted octanol–water partition coefficient (Wildman–Crippen LogP) is 2.79. The lowest BCUT2D eigenvalue weighted by molar-refractivity contribution is -0.117. The summed E-state index contributed by atoms with van der Waals surface area (Å²) in [6, 6.07) is 13.7. The first-order valence-corrected chi connectivity index (χ1v) is 8.25. The summed E-state index contributed by atoms with van der Waals surface area (Å²) in [5, 5.41) is 0. The average molecular weight is 343 g/mol. The average Bonchev–Trinajstić information content (AvgIpc) is 3.03. The van der Waals surface area contributed by atoms with Crippen molar-refractivity contribution >= 4 is 11.6 Å². The molecule has 4 heterocycles. The minimum Gasteiger partial charge on any atom is -0.369 e. The maximum atomic E-state index is 11.3. The molecule has 26 heavy (non-hydrogen) atoms. The highest BCUT2D eigenvalue weighted by Gasteiger charge is 2.12. The Labute approximate surface area is 150 Å². The number of carbonyl (C=O) groups excluding carboxylic acids is 1. The number of hydrogen-bond donors (Lipinski definition) is 1. The third kappa shape index (κ3) is 2.93. The molecular formula is C20H17N5O. The second-order valence-corrected chi connectivity index (χ2v) is 6.10. The fraction of sp³-hybridized carbons (Fsp3) is 0.100. The number of carbonyl (C=O) groups is 1. The van der Waals surface area contributed by atoms with Gasteiger partial charge in [-0.2, -0.15) is 0 Å². The van der Waals surface area contributed by atoms with Gasteiger partial charge in [-0.15, -0.1) is 0 Å². The molecule has 4 rings (SSSR count). The Morgan fingerprint density at radius 1 is 1.12 bits per heavy atom. The van der Waals surface area contributed by atoms with E-state index in [1.165, 1.54) is 0 Å². The maximum absolute atomic E-state index is 11.3. The van der Waals surface area contributed by atoms with Gasteiger partial charge < -0.3 is 10.1 Å². The first-order chi connectivity index (χ1) is 12.6. The lowest BCUT2D eigenvalue weighted by Crippen LogP contribution is -2.14. The standard InChI is InChI=1S/C20H17N5O/c1-13-4-2-6-17(24-13)20-16(5-3-9-22-20)14-7-8-19-23-11-15(10-18(21)26)25(19)12-14/h2-9,11-12H,10H2,1H3,(H2,21,26). The highest BCUT2D eigenvalue weighted by molar-refractivity contribution is 5.80. The normalized spacial score (nSPS) is 11.0. The topological polar surface area (TPSA) is 86.2 Å². The number of fused-ring (bicyclic) bond motifs is 1. The van der Waals surface area contributed by atoms with Crippen LogP contribution in [0.15, 0.2) is 61.1 Å². The summed E-state index contributed by atoms with van der Waals surface area (Å²) in [6.07, 6.45) is 5.54. The van der Waals surface area contributed by atoms with Gasteiger partial charge >= 0.3 is 0 Å². The molecule has 0 atom stereocenters. The molecule has 128 valence electrons. The number of pyridine rings is 3. The van der Waals surface area contributed by atoms with E-state index in [1.54, 1.807) is 12.4 Å². The van der Waals surface area contributed by atoms with Gasteiger partial charge in [-0.3, -0.25) is 14.8 Å². The van der Waals surface area contributed by atoms with Crippen LogP contribution in [-0.4, -0.2) is 25.3 Å². The van der Waals surface area contributed by atoms with Gasteiger partial charge in [0.2, 0.25) is 5.91 Å². The van der Waals surface area contributed by atoms with E-state index in [-0.39, 0.29) is 12.3 Å². The molecule has 0 aliphatic heterocycles. The molecule has 0 spiro atoms. The van der Waals surface area contributed by atoms with Crippen molar-refractivity contribution < 1.29 is 4.79 Å². The van der Waals surface area contributed by atoms with E-state index in [0.29, 0.717) is 0 Å². The van der Waals surface area contributed by atoms with Crippen LogP contribution in [0.25, 0.3) is 28.2 Å². The Hall–Kier alpha value is -3.54. The van der Waals surface area contributed by atoms with Crippen molar-refractivity contribution in [1.29, 1.82) is 0 Å². The van der Waals surface area contributed by atoms with Crippen LogP contribution in [0.5, 0.6) is 0 Å². The number of aromatic nitrogens is 4. The smallest absolute Gasteiger partial charge is 0.223 e. The zero-order valence-electron chi connectivity index (χ0n) is 14.3. The van der Waals surface area contributed by atoms with Crippen molar-refractivity contribution in [2.24, 2.45) is 5.73 Å². The Morgan fingerprint density at radius 3 is 2.81 bits per heavy atom. The Morgan fingerprint density at radius 2 is 2.00 bits per heavy atom. The van der Waals surface area contributed by atoms with Gasteiger partial charge in [-0.25, -0.2) is 4.98 Å². The fourth-order valence-electron chi connectivity index (χ4n) is 3.02. The minimum absolute atomic E-state index is 0.143. The number of imidazole rings is 1. The molecule has 2 N–H and O–H groups in total. The molecule has 1 amide bonds. The van der Waals surface area contributed by atoms with Gasteiger partial charge in [0.05, 0.1) is 23.5 Å². The van der Waals surface area contributed by atoms with Crippen LogP contribution < -0.4 is 5.73 Å². The summed E-state index contributed by atoms with van der Waals surface area (Å²) in [5.74, 6) is -0.386. The van der Waals surface area contributed by atoms with E-state index in [2.05, 4.69) is 15.0 Å². The van der Waals surface area contributed by atoms with Gasteiger partial charge in [-0.05, 0) is 37.3 Å². The maximum Gasteiger partial charge on any atom is 0.223 e. The van der Waals surface area contributed by atoms with Crippen molar-refractivity contribution in [1.82, 2.24) is 19.4 Å². The largest absolute Gasteiger partial charge is 0.369 e. The Bertz CT molecular complexity index is 1120. The van der Waals surface area contributed by atoms with E-state index >= 15 is 0 Å². The summed E-state index contributed by atoms with van der Waals surface area (Å²) in [5.41, 5.74) is 11.4. The Kier molecular flexibility index (Phi) is 3.93. The zero-order valence-corrected chi connectivity index (χ0v) is 14.3. The second-order valence-electron chi connectivity index (χ2n) is 6.10. The third-order valence-corrected chi connectivity index (χ3v) is 4.19. The summed E-state index contributed by atoms with van der Waals surface area (Å²) in [7, 11) is 0. The fourth-order valence-corrected chi connectivity index (χ4v) is 3.02. The molecule has 0 bridgehead atoms. The molecule has 4 aromatic heterocycles. The molecule has 0 saturated heterocycles. The van der Waals surface area contributed by atoms with Gasteiger partial charge in [0.15, 0.2) is 0 Å². The minimum atomic E-state index is -0.386. The number of nitrogens with zero attached hydrogens (tertiary/aromatic N) is 4. The van der Waals surface area contributed by atoms with Gasteiger partial charge in [-0.1, -0.05) is 12.1 Å². The van der Waals surface area contributed by atoms with Crippen LogP contribution in [0.1, 0.15) is 11.4 Å². The zero-order chi connectivity index (χ0) is 18.1. The summed E-state index contributed by atoms with van der Waals surface area (Å²) in [6.45, 7) is 1.96. The molecule has 0 aliphatic carbocycles. The number of aryl methyl sites for hydroxylation is 1. The molecule has 6 nitrogen and oxygen atoms in total. The van der Waals surface area contributed by atoms with Crippen LogP contribution in [0.3, 0.4) is 0 Å². The molecule has 0 aliphatic rings. The summed E-state index contributed by atoms with van der Waals surface area (Å²) < 4.78 is 1.89. The quantitative estimate of drug-likeness (QED) is 0.617. The van der Waals surface area contributed by atoms with E-state index in [4.69, 9.17) is 5.73 Å². The monoisotopic (exact) mass is 343 g/mol. The van der Waals surface area contributed by atoms with Gasteiger partial charge in [0.25, 0.3) is 0 Å². The van der Waals surface area contributed by atoms with E-state index in [9.17, 15) is 4.79 Å². The molecule has 0 saturated carbocycles. The molecule has 0 radical (unpaired) electrons. The van der Waals surface area contributed by atoms with Crippen molar-refractivity contribution in [3.8, 4) is 22.5 Å². The van der Waals surface area contributed by atoms with E-state index in [1.807, 2.05) is 60.0 Å². The third-order valence-electron chi connectivity index (χ3n) is 4.19. The van der Waals surface area contributed by atoms with Crippen molar-refractivity contribution in [3.05, 3.63) is 72.4 Å². The predicted molar refractivity (Wildman–Crippen MR) is 99.3 cm³/mol. The summed E-state index contributed by atoms with van der Waals surface area (Å²) in [4.78, 5) is 24.8. The SMILES string of the molecule is Cc1cccc(-c2ncccc2-c2ccc3ncc(CC(N)=O)n3c2)n1. The highest BCUT2D eigenvalue weighted by Crippen LogP contribution is 2.29. The van der Waals surface area contributed by atoms with Crippen LogP contribution in [0, 0.1) is 6.92 Å². The summed E-state index contributed by atoms with van der Waals surface area (Å²) >= 11 is 0. The van der Waals surface area contributed by atoms with Crippen molar-refractivity contribution in [2.45, 2.75) is 13.3 Å². The number of amides is 1. The molecule has 0 unspecified atom stereocenters. The van der Waals surface area contributed by atoms with Crippen LogP contribution in [0.2, 0.25) is 0 Å². The van der Waals surface area contributed by atoms with E-state index in [0.717, 1.165) is 39.5 Å². The van der Waals surface area contributed by atoms with Crippen LogP contribution in [0.4, 0.5) is 0 Å². The number of rotatable bonds is 4. The second kappa shape index (κ2) is 6.40. The molecule has 0 aromatic carbocycles. The van der Waals surface area contributed by atoms with E-state index < -0.39 is 0 Å². The molecule has 0 fully saturated rings. The lowest BCUT2D eigenvalue weighted by atomic mass is 10.0. The first-order valence-electron chi connectivity index (χ1n) is 8.25. The van der Waals surface area contributed by atoms with Gasteiger partial charge in [0.1, 0.15) is 5.65 Å². The van der Waals surface area contributed by atoms with Crippen LogP contribution in [-0.2, 0) is 11.2 Å². The number of primary amides is 1. The van der Waals surface area contributed by atoms with Crippen LogP contribution >= 0.6 is 0 Å². The number of nitrogens with two attached hydrogens (primary N) is 1. The number of hydrogen-bond acceptors (Lipinski definition) is 4. The molecule has 6 heteroatoms. The van der Waals surface area contributed by atoms with Crippen molar-refractivity contribution in [2.75, 3.05) is 0 Å². The van der Waals surface area contributed by atoms with Gasteiger partial charge in [0, 0.05) is 35.4 Å². The lowest BCUT2D eigenvalue weighted by Gasteiger charge is -2.10. The molecular weight excluding hydrogens is 326 g/mol. The highest BCUT2D eigenvalue weighted by atomic mass is 16.1. The first kappa shape index (κ1) is 16.0. The van der Waals surface area contributed by atoms with Crippen molar-refractivity contribution in [3.63, 3.8) is 0 Å². The molecule has 4 aromatic rings.